The first-order chi connectivity index (χ1) is 7.18. The number of hydrogen-bond donors (Lipinski definition) is 2. The maximum atomic E-state index is 11.8. The number of halogens is 1. The van der Waals surface area contributed by atoms with Crippen LogP contribution in [0.5, 0.6) is 5.88 Å². The summed E-state index contributed by atoms with van der Waals surface area (Å²) in [6.07, 6.45) is -1.90. The van der Waals surface area contributed by atoms with Crippen LogP contribution < -0.4 is 0 Å². The number of carbonyl (C=O) groups is 1. The molecular formula is C9H6FN3O2. The van der Waals surface area contributed by atoms with Crippen molar-refractivity contribution >= 4 is 22.8 Å². The van der Waals surface area contributed by atoms with Crippen molar-refractivity contribution < 1.29 is 14.3 Å². The van der Waals surface area contributed by atoms with Gasteiger partial charge in [0.05, 0.1) is 5.52 Å². The van der Waals surface area contributed by atoms with Gasteiger partial charge in [-0.1, -0.05) is 23.3 Å². The topological polar surface area (TPSA) is 77.8 Å². The number of H-pyrrole nitrogens is 1. The average molecular weight is 207 g/mol. The van der Waals surface area contributed by atoms with Gasteiger partial charge in [0.1, 0.15) is 0 Å². The number of para-hydroxylation sites is 1. The molecular weight excluding hydrogens is 201 g/mol. The van der Waals surface area contributed by atoms with E-state index in [1.165, 1.54) is 0 Å². The predicted octanol–water partition coefficient (Wildman–Crippen LogP) is 3.05. The van der Waals surface area contributed by atoms with Crippen LogP contribution in [-0.2, 0) is 0 Å². The van der Waals surface area contributed by atoms with Gasteiger partial charge in [-0.05, 0) is 6.07 Å². The summed E-state index contributed by atoms with van der Waals surface area (Å²) >= 11 is 0. The third kappa shape index (κ3) is 1.69. The minimum atomic E-state index is -1.90. The molecule has 0 radical (unpaired) electrons. The number of aromatic hydroxyl groups is 1. The van der Waals surface area contributed by atoms with Gasteiger partial charge in [0, 0.05) is 5.39 Å². The van der Waals surface area contributed by atoms with Crippen LogP contribution in [0, 0.1) is 0 Å². The normalized spacial score (nSPS) is 11.3. The Balaban J connectivity index is 2.59. The van der Waals surface area contributed by atoms with Crippen LogP contribution in [0.15, 0.2) is 34.5 Å². The molecule has 0 aliphatic rings. The molecule has 0 spiro atoms. The van der Waals surface area contributed by atoms with E-state index in [9.17, 15) is 14.3 Å². The van der Waals surface area contributed by atoms with E-state index in [-0.39, 0.29) is 11.6 Å². The molecule has 0 aliphatic carbocycles. The third-order valence-electron chi connectivity index (χ3n) is 1.89. The summed E-state index contributed by atoms with van der Waals surface area (Å²) < 4.78 is 11.8. The number of nitrogens with zero attached hydrogens (tertiary/aromatic N) is 2. The molecule has 0 aliphatic heterocycles. The first kappa shape index (κ1) is 9.32. The quantitative estimate of drug-likeness (QED) is 0.428. The Morgan fingerprint density at radius 1 is 1.40 bits per heavy atom. The molecule has 76 valence electrons. The molecule has 2 rings (SSSR count). The van der Waals surface area contributed by atoms with Gasteiger partial charge in [-0.2, -0.15) is 0 Å². The van der Waals surface area contributed by atoms with Crippen LogP contribution >= 0.6 is 0 Å². The number of aromatic nitrogens is 1. The van der Waals surface area contributed by atoms with Crippen molar-refractivity contribution in [2.24, 2.45) is 10.2 Å². The summed E-state index contributed by atoms with van der Waals surface area (Å²) in [4.78, 5) is 12.6. The number of amides is 1. The molecule has 1 aromatic heterocycles. The lowest BCUT2D eigenvalue weighted by Crippen LogP contribution is -1.71. The van der Waals surface area contributed by atoms with E-state index in [2.05, 4.69) is 15.2 Å². The Morgan fingerprint density at radius 2 is 2.13 bits per heavy atom. The molecule has 1 heterocycles. The van der Waals surface area contributed by atoms with Crippen molar-refractivity contribution in [3.63, 3.8) is 0 Å². The van der Waals surface area contributed by atoms with Crippen molar-refractivity contribution in [2.75, 3.05) is 0 Å². The Morgan fingerprint density at radius 3 is 2.87 bits per heavy atom. The summed E-state index contributed by atoms with van der Waals surface area (Å²) in [6.45, 7) is 0. The first-order valence-corrected chi connectivity index (χ1v) is 4.09. The molecule has 0 saturated carbocycles. The van der Waals surface area contributed by atoms with Gasteiger partial charge in [-0.15, -0.1) is 9.50 Å². The molecule has 1 aromatic carbocycles. The molecule has 2 aromatic rings. The van der Waals surface area contributed by atoms with Gasteiger partial charge in [0.2, 0.25) is 5.88 Å². The van der Waals surface area contributed by atoms with Crippen molar-refractivity contribution in [1.82, 2.24) is 4.98 Å². The Labute approximate surface area is 83.3 Å². The highest BCUT2D eigenvalue weighted by atomic mass is 19.1. The minimum Gasteiger partial charge on any atom is -0.493 e. The standard InChI is InChI=1S/C9H6FN3O2/c10-9(15)13-12-7-5-3-1-2-4-6(5)11-8(7)14/h1-4,11,14H. The number of hydrogen-bond acceptors (Lipinski definition) is 3. The predicted molar refractivity (Wildman–Crippen MR) is 51.0 cm³/mol. The summed E-state index contributed by atoms with van der Waals surface area (Å²) in [5.41, 5.74) is 0.687. The highest BCUT2D eigenvalue weighted by Gasteiger charge is 2.09. The lowest BCUT2D eigenvalue weighted by Gasteiger charge is -1.88. The number of benzene rings is 1. The lowest BCUT2D eigenvalue weighted by molar-refractivity contribution is 0.230. The van der Waals surface area contributed by atoms with Crippen molar-refractivity contribution in [2.45, 2.75) is 0 Å². The fraction of sp³-hybridized carbons (Fsp3) is 0. The van der Waals surface area contributed by atoms with Gasteiger partial charge in [-0.25, -0.2) is 4.79 Å². The first-order valence-electron chi connectivity index (χ1n) is 4.09. The molecule has 0 saturated heterocycles. The fourth-order valence-corrected chi connectivity index (χ4v) is 1.30. The van der Waals surface area contributed by atoms with Gasteiger partial charge < -0.3 is 10.1 Å². The monoisotopic (exact) mass is 207 g/mol. The van der Waals surface area contributed by atoms with E-state index < -0.39 is 6.16 Å². The van der Waals surface area contributed by atoms with Gasteiger partial charge >= 0.3 is 6.16 Å². The largest absolute Gasteiger partial charge is 0.493 e. The number of rotatable bonds is 1. The van der Waals surface area contributed by atoms with Crippen molar-refractivity contribution in [3.8, 4) is 5.88 Å². The van der Waals surface area contributed by atoms with Gasteiger partial charge in [-0.3, -0.25) is 0 Å². The number of aromatic amines is 1. The smallest absolute Gasteiger partial charge is 0.442 e. The molecule has 0 unspecified atom stereocenters. The zero-order valence-electron chi connectivity index (χ0n) is 7.44. The minimum absolute atomic E-state index is 0.0524. The molecule has 5 nitrogen and oxygen atoms in total. The van der Waals surface area contributed by atoms with Crippen LogP contribution in [0.2, 0.25) is 0 Å². The van der Waals surface area contributed by atoms with Crippen LogP contribution in [0.4, 0.5) is 14.9 Å². The van der Waals surface area contributed by atoms with E-state index in [4.69, 9.17) is 0 Å². The zero-order valence-corrected chi connectivity index (χ0v) is 7.44. The van der Waals surface area contributed by atoms with Crippen LogP contribution in [-0.4, -0.2) is 16.3 Å². The van der Waals surface area contributed by atoms with Gasteiger partial charge in [0.15, 0.2) is 5.69 Å². The van der Waals surface area contributed by atoms with Crippen molar-refractivity contribution in [1.29, 1.82) is 0 Å². The molecule has 6 heteroatoms. The van der Waals surface area contributed by atoms with E-state index in [0.717, 1.165) is 0 Å². The highest BCUT2D eigenvalue weighted by molar-refractivity contribution is 5.94. The van der Waals surface area contributed by atoms with Crippen LogP contribution in [0.25, 0.3) is 10.9 Å². The Hall–Kier alpha value is -2.24. The Bertz CT molecular complexity index is 547. The molecule has 0 fully saturated rings. The molecule has 0 atom stereocenters. The summed E-state index contributed by atoms with van der Waals surface area (Å²) in [5.74, 6) is -0.249. The zero-order chi connectivity index (χ0) is 10.8. The maximum absolute atomic E-state index is 11.8. The van der Waals surface area contributed by atoms with E-state index >= 15 is 0 Å². The SMILES string of the molecule is O=C(F)N=Nc1c(O)[nH]c2ccccc12. The third-order valence-corrected chi connectivity index (χ3v) is 1.89. The van der Waals surface area contributed by atoms with E-state index in [1.807, 2.05) is 0 Å². The summed E-state index contributed by atoms with van der Waals surface area (Å²) in [7, 11) is 0. The fourth-order valence-electron chi connectivity index (χ4n) is 1.30. The molecule has 0 bridgehead atoms. The lowest BCUT2D eigenvalue weighted by atomic mass is 10.2. The second-order valence-electron chi connectivity index (χ2n) is 2.82. The summed E-state index contributed by atoms with van der Waals surface area (Å²) in [6, 6.07) is 6.87. The number of fused-ring (bicyclic) bond motifs is 1. The molecule has 2 N–H and O–H groups in total. The second-order valence-corrected chi connectivity index (χ2v) is 2.82. The van der Waals surface area contributed by atoms with E-state index in [1.54, 1.807) is 24.3 Å². The maximum Gasteiger partial charge on any atom is 0.442 e. The van der Waals surface area contributed by atoms with Crippen molar-refractivity contribution in [3.05, 3.63) is 24.3 Å². The average Bonchev–Trinajstić information content (AvgIpc) is 2.50. The number of nitrogens with one attached hydrogen (secondary N) is 1. The molecule has 15 heavy (non-hydrogen) atoms. The molecule has 1 amide bonds. The Kier molecular flexibility index (Phi) is 2.17. The van der Waals surface area contributed by atoms with Crippen LogP contribution in [0.1, 0.15) is 0 Å². The highest BCUT2D eigenvalue weighted by Crippen LogP contribution is 2.35. The second kappa shape index (κ2) is 3.49. The van der Waals surface area contributed by atoms with E-state index in [0.29, 0.717) is 10.9 Å². The summed E-state index contributed by atoms with van der Waals surface area (Å²) in [5, 5.41) is 16.0. The number of azo groups is 1. The number of carbonyl (C=O) groups excluding carboxylic acids is 1. The van der Waals surface area contributed by atoms with Gasteiger partial charge in [0.25, 0.3) is 0 Å². The van der Waals surface area contributed by atoms with Crippen LogP contribution in [0.3, 0.4) is 0 Å².